The van der Waals surface area contributed by atoms with Crippen molar-refractivity contribution in [2.24, 2.45) is 0 Å². The Bertz CT molecular complexity index is 959. The van der Waals surface area contributed by atoms with Crippen LogP contribution in [0.2, 0.25) is 0 Å². The molecular formula is C20H20N4OS. The van der Waals surface area contributed by atoms with Crippen LogP contribution in [0.3, 0.4) is 0 Å². The average molecular weight is 364 g/mol. The molecule has 1 heterocycles. The standard InChI is InChI=1S/C20H20N4OS/c1-13-5-3-6-14(2)19(13)24-20(21-22-23-24)26-12-18(25)17-10-9-15-7-4-8-16(15)11-17/h3,5-6,9-11H,4,7-8,12H2,1-2H3. The molecule has 0 saturated heterocycles. The number of nitrogens with zero attached hydrogens (tertiary/aromatic N) is 4. The Labute approximate surface area is 156 Å². The molecule has 0 N–H and O–H groups in total. The van der Waals surface area contributed by atoms with Crippen molar-refractivity contribution in [2.75, 3.05) is 5.75 Å². The van der Waals surface area contributed by atoms with Crippen molar-refractivity contribution >= 4 is 17.5 Å². The number of aromatic nitrogens is 4. The van der Waals surface area contributed by atoms with Crippen molar-refractivity contribution < 1.29 is 4.79 Å². The number of thioether (sulfide) groups is 1. The van der Waals surface area contributed by atoms with E-state index in [9.17, 15) is 4.79 Å². The summed E-state index contributed by atoms with van der Waals surface area (Å²) in [7, 11) is 0. The van der Waals surface area contributed by atoms with E-state index in [1.165, 1.54) is 29.3 Å². The van der Waals surface area contributed by atoms with Gasteiger partial charge in [-0.3, -0.25) is 4.79 Å². The summed E-state index contributed by atoms with van der Waals surface area (Å²) >= 11 is 1.38. The minimum atomic E-state index is 0.112. The van der Waals surface area contributed by atoms with Crippen molar-refractivity contribution in [3.63, 3.8) is 0 Å². The molecule has 0 atom stereocenters. The molecule has 1 aliphatic rings. The summed E-state index contributed by atoms with van der Waals surface area (Å²) in [5.74, 6) is 0.435. The molecule has 0 unspecified atom stereocenters. The Morgan fingerprint density at radius 3 is 2.69 bits per heavy atom. The zero-order valence-electron chi connectivity index (χ0n) is 14.9. The van der Waals surface area contributed by atoms with Gasteiger partial charge in [0.25, 0.3) is 0 Å². The van der Waals surface area contributed by atoms with Gasteiger partial charge in [-0.1, -0.05) is 42.1 Å². The molecule has 0 radical (unpaired) electrons. The number of ketones is 1. The number of Topliss-reactive ketones (excluding diaryl/α,β-unsaturated/α-hetero) is 1. The van der Waals surface area contributed by atoms with Crippen molar-refractivity contribution in [1.29, 1.82) is 0 Å². The maximum atomic E-state index is 12.6. The van der Waals surface area contributed by atoms with E-state index in [4.69, 9.17) is 0 Å². The number of hydrogen-bond donors (Lipinski definition) is 0. The second-order valence-corrected chi connectivity index (χ2v) is 7.61. The number of para-hydroxylation sites is 1. The molecule has 0 aliphatic heterocycles. The SMILES string of the molecule is Cc1cccc(C)c1-n1nnnc1SCC(=O)c1ccc2c(c1)CCC2. The molecule has 0 fully saturated rings. The molecule has 4 rings (SSSR count). The minimum absolute atomic E-state index is 0.112. The monoisotopic (exact) mass is 364 g/mol. The Balaban J connectivity index is 1.53. The van der Waals surface area contributed by atoms with Crippen LogP contribution in [0.4, 0.5) is 0 Å². The second kappa shape index (κ2) is 7.03. The number of carbonyl (C=O) groups excluding carboxylic acids is 1. The van der Waals surface area contributed by atoms with Gasteiger partial charge in [-0.05, 0) is 71.9 Å². The summed E-state index contributed by atoms with van der Waals surface area (Å²) in [4.78, 5) is 12.6. The third-order valence-corrected chi connectivity index (χ3v) is 5.76. The number of tetrazole rings is 1. The van der Waals surface area contributed by atoms with Crippen molar-refractivity contribution in [2.45, 2.75) is 38.3 Å². The molecule has 26 heavy (non-hydrogen) atoms. The predicted octanol–water partition coefficient (Wildman–Crippen LogP) is 3.74. The first kappa shape index (κ1) is 17.0. The van der Waals surface area contributed by atoms with E-state index in [1.54, 1.807) is 4.68 Å². The maximum absolute atomic E-state index is 12.6. The molecule has 1 aliphatic carbocycles. The topological polar surface area (TPSA) is 60.7 Å². The molecule has 0 amide bonds. The maximum Gasteiger partial charge on any atom is 0.214 e. The smallest absolute Gasteiger partial charge is 0.214 e. The number of carbonyl (C=O) groups is 1. The second-order valence-electron chi connectivity index (χ2n) is 6.66. The molecule has 0 bridgehead atoms. The Morgan fingerprint density at radius 1 is 1.12 bits per heavy atom. The van der Waals surface area contributed by atoms with E-state index in [2.05, 4.69) is 27.7 Å². The number of fused-ring (bicyclic) bond motifs is 1. The lowest BCUT2D eigenvalue weighted by Crippen LogP contribution is -2.07. The zero-order chi connectivity index (χ0) is 18.1. The lowest BCUT2D eigenvalue weighted by molar-refractivity contribution is 0.102. The Hall–Kier alpha value is -2.47. The normalized spacial score (nSPS) is 13.0. The van der Waals surface area contributed by atoms with Gasteiger partial charge in [0.2, 0.25) is 5.16 Å². The van der Waals surface area contributed by atoms with Crippen LogP contribution in [0.1, 0.15) is 39.0 Å². The third-order valence-electron chi connectivity index (χ3n) is 4.85. The molecule has 2 aromatic carbocycles. The molecule has 1 aromatic heterocycles. The van der Waals surface area contributed by atoms with E-state index in [0.717, 1.165) is 35.2 Å². The first-order valence-corrected chi connectivity index (χ1v) is 9.75. The van der Waals surface area contributed by atoms with Gasteiger partial charge >= 0.3 is 0 Å². The van der Waals surface area contributed by atoms with E-state index in [1.807, 2.05) is 38.1 Å². The van der Waals surface area contributed by atoms with Crippen molar-refractivity contribution in [3.05, 3.63) is 64.2 Å². The number of hydrogen-bond acceptors (Lipinski definition) is 5. The van der Waals surface area contributed by atoms with E-state index in [0.29, 0.717) is 10.9 Å². The quantitative estimate of drug-likeness (QED) is 0.510. The molecule has 6 heteroatoms. The van der Waals surface area contributed by atoms with Crippen LogP contribution in [-0.4, -0.2) is 31.7 Å². The molecular weight excluding hydrogens is 344 g/mol. The van der Waals surface area contributed by atoms with Gasteiger partial charge in [-0.25, -0.2) is 0 Å². The van der Waals surface area contributed by atoms with Gasteiger partial charge in [0.05, 0.1) is 11.4 Å². The highest BCUT2D eigenvalue weighted by Gasteiger charge is 2.17. The molecule has 0 spiro atoms. The van der Waals surface area contributed by atoms with Gasteiger partial charge in [-0.15, -0.1) is 5.10 Å². The molecule has 0 saturated carbocycles. The Kier molecular flexibility index (Phi) is 4.59. The van der Waals surface area contributed by atoms with Gasteiger partial charge in [0, 0.05) is 5.56 Å². The zero-order valence-corrected chi connectivity index (χ0v) is 15.7. The van der Waals surface area contributed by atoms with Crippen molar-refractivity contribution in [1.82, 2.24) is 20.2 Å². The Morgan fingerprint density at radius 2 is 1.88 bits per heavy atom. The van der Waals surface area contributed by atoms with E-state index in [-0.39, 0.29) is 5.78 Å². The highest BCUT2D eigenvalue weighted by Crippen LogP contribution is 2.26. The van der Waals surface area contributed by atoms with Crippen molar-refractivity contribution in [3.8, 4) is 5.69 Å². The molecule has 5 nitrogen and oxygen atoms in total. The summed E-state index contributed by atoms with van der Waals surface area (Å²) in [5.41, 5.74) is 6.66. The summed E-state index contributed by atoms with van der Waals surface area (Å²) in [6.45, 7) is 4.07. The number of rotatable bonds is 5. The molecule has 3 aromatic rings. The summed E-state index contributed by atoms with van der Waals surface area (Å²) in [6.07, 6.45) is 3.39. The van der Waals surface area contributed by atoms with Crippen LogP contribution in [0.15, 0.2) is 41.6 Å². The lowest BCUT2D eigenvalue weighted by atomic mass is 10.0. The summed E-state index contributed by atoms with van der Waals surface area (Å²) in [6, 6.07) is 12.2. The van der Waals surface area contributed by atoms with E-state index < -0.39 is 0 Å². The largest absolute Gasteiger partial charge is 0.293 e. The van der Waals surface area contributed by atoms with Crippen LogP contribution in [-0.2, 0) is 12.8 Å². The van der Waals surface area contributed by atoms with Gasteiger partial charge in [-0.2, -0.15) is 4.68 Å². The summed E-state index contributed by atoms with van der Waals surface area (Å²) < 4.78 is 1.73. The lowest BCUT2D eigenvalue weighted by Gasteiger charge is -2.10. The highest BCUT2D eigenvalue weighted by atomic mass is 32.2. The number of benzene rings is 2. The fourth-order valence-electron chi connectivity index (χ4n) is 3.51. The van der Waals surface area contributed by atoms with Crippen LogP contribution in [0.5, 0.6) is 0 Å². The van der Waals surface area contributed by atoms with Crippen LogP contribution in [0.25, 0.3) is 5.69 Å². The average Bonchev–Trinajstić information content (AvgIpc) is 3.28. The fourth-order valence-corrected chi connectivity index (χ4v) is 4.28. The van der Waals surface area contributed by atoms with Crippen LogP contribution >= 0.6 is 11.8 Å². The summed E-state index contributed by atoms with van der Waals surface area (Å²) in [5, 5.41) is 12.7. The highest BCUT2D eigenvalue weighted by molar-refractivity contribution is 7.99. The minimum Gasteiger partial charge on any atom is -0.293 e. The van der Waals surface area contributed by atoms with Crippen LogP contribution < -0.4 is 0 Å². The first-order valence-electron chi connectivity index (χ1n) is 8.76. The van der Waals surface area contributed by atoms with Gasteiger partial charge in [0.1, 0.15) is 0 Å². The van der Waals surface area contributed by atoms with Crippen LogP contribution in [0, 0.1) is 13.8 Å². The van der Waals surface area contributed by atoms with Gasteiger partial charge in [0.15, 0.2) is 5.78 Å². The number of aryl methyl sites for hydroxylation is 4. The van der Waals surface area contributed by atoms with E-state index >= 15 is 0 Å². The molecule has 132 valence electrons. The third kappa shape index (κ3) is 3.17. The van der Waals surface area contributed by atoms with Gasteiger partial charge < -0.3 is 0 Å². The first-order chi connectivity index (χ1) is 12.6. The fraction of sp³-hybridized carbons (Fsp3) is 0.300. The predicted molar refractivity (Wildman–Crippen MR) is 102 cm³/mol.